The van der Waals surface area contributed by atoms with Crippen molar-refractivity contribution in [1.82, 2.24) is 0 Å². The summed E-state index contributed by atoms with van der Waals surface area (Å²) >= 11 is 0. The van der Waals surface area contributed by atoms with Gasteiger partial charge in [0.2, 0.25) is 0 Å². The van der Waals surface area contributed by atoms with Crippen LogP contribution in [-0.2, 0) is 12.8 Å². The van der Waals surface area contributed by atoms with Crippen LogP contribution in [0.2, 0.25) is 0 Å². The van der Waals surface area contributed by atoms with Gasteiger partial charge in [0.15, 0.2) is 11.6 Å². The Morgan fingerprint density at radius 1 is 0.697 bits per heavy atom. The molecule has 0 saturated heterocycles. The van der Waals surface area contributed by atoms with Gasteiger partial charge >= 0.3 is 0 Å². The van der Waals surface area contributed by atoms with E-state index in [4.69, 9.17) is 0 Å². The van der Waals surface area contributed by atoms with E-state index in [-0.39, 0.29) is 10.9 Å². The van der Waals surface area contributed by atoms with Crippen LogP contribution in [0.15, 0.2) is 42.5 Å². The van der Waals surface area contributed by atoms with E-state index < -0.39 is 17.5 Å². The Morgan fingerprint density at radius 2 is 1.36 bits per heavy atom. The quantitative estimate of drug-likeness (QED) is 0.319. The van der Waals surface area contributed by atoms with E-state index in [2.05, 4.69) is 6.92 Å². The minimum atomic E-state index is -1.10. The lowest BCUT2D eigenvalue weighted by Crippen LogP contribution is -2.15. The van der Waals surface area contributed by atoms with E-state index in [0.29, 0.717) is 22.9 Å². The Labute approximate surface area is 196 Å². The van der Waals surface area contributed by atoms with E-state index in [1.807, 2.05) is 31.2 Å². The predicted molar refractivity (Wildman–Crippen MR) is 132 cm³/mol. The zero-order valence-corrected chi connectivity index (χ0v) is 19.9. The highest BCUT2D eigenvalue weighted by atomic mass is 19.2. The first-order valence-electron chi connectivity index (χ1n) is 12.7. The summed E-state index contributed by atoms with van der Waals surface area (Å²) in [5, 5.41) is 0.150. The fraction of sp³-hybridized carbons (Fsp3) is 0.467. The summed E-state index contributed by atoms with van der Waals surface area (Å²) in [6.45, 7) is 4.21. The number of hydrogen-bond acceptors (Lipinski definition) is 0. The molecule has 33 heavy (non-hydrogen) atoms. The number of halogens is 3. The molecule has 4 rings (SSSR count). The maximum atomic E-state index is 15.0. The highest BCUT2D eigenvalue weighted by Gasteiger charge is 2.21. The van der Waals surface area contributed by atoms with Crippen LogP contribution in [0, 0.1) is 29.3 Å². The molecule has 0 aliphatic heterocycles. The first-order valence-corrected chi connectivity index (χ1v) is 12.7. The summed E-state index contributed by atoms with van der Waals surface area (Å²) in [4.78, 5) is 0. The molecular weight excluding hydrogens is 417 g/mol. The Kier molecular flexibility index (Phi) is 7.78. The minimum absolute atomic E-state index is 0.184. The van der Waals surface area contributed by atoms with Crippen LogP contribution in [0.25, 0.3) is 21.9 Å². The van der Waals surface area contributed by atoms with Crippen molar-refractivity contribution in [2.24, 2.45) is 11.8 Å². The van der Waals surface area contributed by atoms with E-state index in [1.165, 1.54) is 50.5 Å². The van der Waals surface area contributed by atoms with Crippen molar-refractivity contribution in [2.75, 3.05) is 0 Å². The van der Waals surface area contributed by atoms with Crippen LogP contribution in [0.3, 0.4) is 0 Å². The Balaban J connectivity index is 1.48. The van der Waals surface area contributed by atoms with Crippen molar-refractivity contribution in [3.8, 4) is 11.1 Å². The average Bonchev–Trinajstić information content (AvgIpc) is 2.83. The average molecular weight is 453 g/mol. The maximum Gasteiger partial charge on any atom is 0.170 e. The largest absolute Gasteiger partial charge is 0.206 e. The van der Waals surface area contributed by atoms with E-state index in [1.54, 1.807) is 18.2 Å². The molecule has 1 aliphatic carbocycles. The number of hydrogen-bond donors (Lipinski definition) is 0. The molecule has 0 aromatic heterocycles. The predicted octanol–water partition coefficient (Wildman–Crippen LogP) is 9.42. The molecular formula is C30H35F3. The molecule has 3 heteroatoms. The lowest BCUT2D eigenvalue weighted by Gasteiger charge is -2.28. The Morgan fingerprint density at radius 3 is 2.00 bits per heavy atom. The molecule has 0 heterocycles. The summed E-state index contributed by atoms with van der Waals surface area (Å²) in [5.41, 5.74) is 2.46. The van der Waals surface area contributed by atoms with Gasteiger partial charge in [-0.25, -0.2) is 13.2 Å². The topological polar surface area (TPSA) is 0 Å². The molecule has 0 unspecified atom stereocenters. The highest BCUT2D eigenvalue weighted by Crippen LogP contribution is 2.35. The van der Waals surface area contributed by atoms with Crippen LogP contribution in [0.1, 0.15) is 76.3 Å². The molecule has 0 bridgehead atoms. The van der Waals surface area contributed by atoms with Gasteiger partial charge in [-0.1, -0.05) is 95.2 Å². The summed E-state index contributed by atoms with van der Waals surface area (Å²) in [6, 6.07) is 12.7. The number of rotatable bonds is 8. The fourth-order valence-corrected chi connectivity index (χ4v) is 5.54. The minimum Gasteiger partial charge on any atom is -0.206 e. The van der Waals surface area contributed by atoms with Gasteiger partial charge in [0.05, 0.1) is 5.39 Å². The molecule has 0 N–H and O–H groups in total. The second-order valence-electron chi connectivity index (χ2n) is 9.85. The van der Waals surface area contributed by atoms with Gasteiger partial charge in [-0.05, 0) is 59.2 Å². The molecule has 0 spiro atoms. The molecule has 1 aliphatic rings. The molecule has 1 saturated carbocycles. The lowest BCUT2D eigenvalue weighted by atomic mass is 9.78. The summed E-state index contributed by atoms with van der Waals surface area (Å²) in [7, 11) is 0. The number of benzene rings is 3. The zero-order valence-electron chi connectivity index (χ0n) is 19.9. The molecule has 0 nitrogen and oxygen atoms in total. The van der Waals surface area contributed by atoms with Crippen LogP contribution in [-0.4, -0.2) is 0 Å². The second-order valence-corrected chi connectivity index (χ2v) is 9.85. The first kappa shape index (κ1) is 23.9. The Hall–Kier alpha value is -2.29. The Bertz CT molecular complexity index is 1080. The first-order chi connectivity index (χ1) is 16.0. The van der Waals surface area contributed by atoms with Crippen LogP contribution in [0.5, 0.6) is 0 Å². The van der Waals surface area contributed by atoms with Crippen molar-refractivity contribution in [3.63, 3.8) is 0 Å². The van der Waals surface area contributed by atoms with Gasteiger partial charge in [0, 0.05) is 5.56 Å². The van der Waals surface area contributed by atoms with Gasteiger partial charge in [-0.3, -0.25) is 0 Å². The molecule has 0 atom stereocenters. The van der Waals surface area contributed by atoms with Gasteiger partial charge in [0.1, 0.15) is 5.82 Å². The molecule has 0 amide bonds. The standard InChI is InChI=1S/C30H35F3/c1-3-5-20-7-9-21(10-8-20)11-12-22-13-15-23(16-14-22)26-19-25-18-17-24(6-4-2)28(31)27(25)30(33)29(26)32/h13-21H,3-12H2,1-2H3. The fourth-order valence-electron chi connectivity index (χ4n) is 5.54. The van der Waals surface area contributed by atoms with Crippen LogP contribution >= 0.6 is 0 Å². The number of fused-ring (bicyclic) bond motifs is 1. The van der Waals surface area contributed by atoms with Gasteiger partial charge in [0.25, 0.3) is 0 Å². The van der Waals surface area contributed by atoms with E-state index >= 15 is 0 Å². The van der Waals surface area contributed by atoms with E-state index in [0.717, 1.165) is 24.7 Å². The van der Waals surface area contributed by atoms with Crippen molar-refractivity contribution >= 4 is 10.8 Å². The summed E-state index contributed by atoms with van der Waals surface area (Å²) in [5.74, 6) is -0.990. The lowest BCUT2D eigenvalue weighted by molar-refractivity contribution is 0.252. The van der Waals surface area contributed by atoms with Crippen molar-refractivity contribution in [2.45, 2.75) is 78.1 Å². The van der Waals surface area contributed by atoms with Crippen LogP contribution in [0.4, 0.5) is 13.2 Å². The van der Waals surface area contributed by atoms with Crippen LogP contribution < -0.4 is 0 Å². The molecule has 3 aromatic carbocycles. The SMILES string of the molecule is CCCc1ccc2cc(-c3ccc(CCC4CCC(CCC)CC4)cc3)c(F)c(F)c2c1F. The van der Waals surface area contributed by atoms with Gasteiger partial charge in [-0.2, -0.15) is 0 Å². The maximum absolute atomic E-state index is 15.0. The molecule has 176 valence electrons. The molecule has 0 radical (unpaired) electrons. The second kappa shape index (κ2) is 10.8. The monoisotopic (exact) mass is 452 g/mol. The number of aryl methyl sites for hydroxylation is 2. The van der Waals surface area contributed by atoms with Crippen molar-refractivity contribution < 1.29 is 13.2 Å². The van der Waals surface area contributed by atoms with E-state index in [9.17, 15) is 13.2 Å². The highest BCUT2D eigenvalue weighted by molar-refractivity contribution is 5.89. The smallest absolute Gasteiger partial charge is 0.170 e. The van der Waals surface area contributed by atoms with Gasteiger partial charge in [-0.15, -0.1) is 0 Å². The van der Waals surface area contributed by atoms with Crippen molar-refractivity contribution in [1.29, 1.82) is 0 Å². The third-order valence-electron chi connectivity index (χ3n) is 7.49. The summed E-state index contributed by atoms with van der Waals surface area (Å²) in [6.07, 6.45) is 11.5. The van der Waals surface area contributed by atoms with Gasteiger partial charge < -0.3 is 0 Å². The third-order valence-corrected chi connectivity index (χ3v) is 7.49. The summed E-state index contributed by atoms with van der Waals surface area (Å²) < 4.78 is 44.6. The molecule has 1 fully saturated rings. The molecule has 3 aromatic rings. The zero-order chi connectivity index (χ0) is 23.4. The van der Waals surface area contributed by atoms with Crippen molar-refractivity contribution in [3.05, 3.63) is 71.0 Å². The normalized spacial score (nSPS) is 18.7. The third kappa shape index (κ3) is 5.28.